The van der Waals surface area contributed by atoms with Gasteiger partial charge in [0.15, 0.2) is 0 Å². The zero-order valence-corrected chi connectivity index (χ0v) is 11.7. The van der Waals surface area contributed by atoms with E-state index in [9.17, 15) is 9.90 Å². The topological polar surface area (TPSA) is 65.5 Å². The average Bonchev–Trinajstić information content (AvgIpc) is 2.89. The Morgan fingerprint density at radius 3 is 3.16 bits per heavy atom. The second kappa shape index (κ2) is 6.21. The molecular weight excluding hydrogens is 266 g/mol. The number of amides is 1. The summed E-state index contributed by atoms with van der Waals surface area (Å²) in [5.41, 5.74) is 0.438. The van der Waals surface area contributed by atoms with Gasteiger partial charge in [-0.25, -0.2) is 4.98 Å². The molecule has 1 aliphatic heterocycles. The van der Waals surface area contributed by atoms with Crippen molar-refractivity contribution in [3.63, 3.8) is 0 Å². The van der Waals surface area contributed by atoms with Gasteiger partial charge in [0.1, 0.15) is 5.82 Å². The fourth-order valence-corrected chi connectivity index (χ4v) is 2.51. The first-order valence-corrected chi connectivity index (χ1v) is 6.86. The first kappa shape index (κ1) is 14.1. The molecular formula is C13H18ClN3O2. The minimum absolute atomic E-state index is 0.00545. The highest BCUT2D eigenvalue weighted by Gasteiger charge is 2.30. The van der Waals surface area contributed by atoms with E-state index in [0.29, 0.717) is 22.9 Å². The smallest absolute Gasteiger partial charge is 0.255 e. The lowest BCUT2D eigenvalue weighted by molar-refractivity contribution is 0.0677. The van der Waals surface area contributed by atoms with Crippen molar-refractivity contribution in [1.29, 1.82) is 0 Å². The average molecular weight is 284 g/mol. The summed E-state index contributed by atoms with van der Waals surface area (Å²) in [5.74, 6) is 0.498. The van der Waals surface area contributed by atoms with Crippen LogP contribution in [0.15, 0.2) is 12.3 Å². The van der Waals surface area contributed by atoms with E-state index in [0.717, 1.165) is 19.4 Å². The maximum atomic E-state index is 12.5. The number of likely N-dealkylation sites (tertiary alicyclic amines) is 1. The molecule has 1 aliphatic rings. The van der Waals surface area contributed by atoms with Crippen molar-refractivity contribution in [3.8, 4) is 0 Å². The number of pyridine rings is 1. The molecule has 104 valence electrons. The molecule has 1 saturated heterocycles. The Bertz CT molecular complexity index is 467. The highest BCUT2D eigenvalue weighted by Crippen LogP contribution is 2.24. The predicted octanol–water partition coefficient (Wildman–Crippen LogP) is 1.76. The van der Waals surface area contributed by atoms with Crippen LogP contribution in [0.4, 0.5) is 5.82 Å². The van der Waals surface area contributed by atoms with Gasteiger partial charge in [-0.3, -0.25) is 4.79 Å². The van der Waals surface area contributed by atoms with Crippen molar-refractivity contribution in [2.45, 2.75) is 25.8 Å². The standard InChI is InChI=1S/C13H18ClN3O2/c1-2-15-12-6-10(11(14)7-16-12)13(19)17-5-3-4-9(17)8-18/h6-7,9,18H,2-5,8H2,1H3,(H,15,16). The maximum absolute atomic E-state index is 12.5. The van der Waals surface area contributed by atoms with Crippen LogP contribution in [-0.2, 0) is 0 Å². The van der Waals surface area contributed by atoms with E-state index in [1.807, 2.05) is 6.92 Å². The summed E-state index contributed by atoms with van der Waals surface area (Å²) in [7, 11) is 0. The number of anilines is 1. The molecule has 1 atom stereocenters. The molecule has 0 saturated carbocycles. The van der Waals surface area contributed by atoms with E-state index in [2.05, 4.69) is 10.3 Å². The van der Waals surface area contributed by atoms with Crippen LogP contribution >= 0.6 is 11.6 Å². The summed E-state index contributed by atoms with van der Waals surface area (Å²) in [6.07, 6.45) is 3.24. The van der Waals surface area contributed by atoms with Crippen molar-refractivity contribution in [2.75, 3.05) is 25.0 Å². The van der Waals surface area contributed by atoms with Crippen LogP contribution in [-0.4, -0.2) is 46.6 Å². The van der Waals surface area contributed by atoms with Gasteiger partial charge in [-0.1, -0.05) is 11.6 Å². The largest absolute Gasteiger partial charge is 0.394 e. The van der Waals surface area contributed by atoms with Crippen molar-refractivity contribution < 1.29 is 9.90 Å². The molecule has 2 rings (SSSR count). The summed E-state index contributed by atoms with van der Waals surface area (Å²) in [4.78, 5) is 18.3. The number of halogens is 1. The third kappa shape index (κ3) is 2.98. The lowest BCUT2D eigenvalue weighted by Crippen LogP contribution is -2.37. The molecule has 19 heavy (non-hydrogen) atoms. The second-order valence-corrected chi connectivity index (χ2v) is 4.96. The van der Waals surface area contributed by atoms with Crippen LogP contribution in [0.2, 0.25) is 5.02 Å². The molecule has 1 aromatic heterocycles. The van der Waals surface area contributed by atoms with Crippen molar-refractivity contribution in [2.24, 2.45) is 0 Å². The number of carbonyl (C=O) groups is 1. The Morgan fingerprint density at radius 1 is 1.68 bits per heavy atom. The molecule has 1 aromatic rings. The Labute approximate surface area is 117 Å². The monoisotopic (exact) mass is 283 g/mol. The molecule has 0 bridgehead atoms. The highest BCUT2D eigenvalue weighted by atomic mass is 35.5. The van der Waals surface area contributed by atoms with E-state index < -0.39 is 0 Å². The van der Waals surface area contributed by atoms with Crippen LogP contribution < -0.4 is 5.32 Å². The van der Waals surface area contributed by atoms with Crippen LogP contribution in [0, 0.1) is 0 Å². The molecule has 0 aliphatic carbocycles. The summed E-state index contributed by atoms with van der Waals surface area (Å²) < 4.78 is 0. The number of aliphatic hydroxyl groups excluding tert-OH is 1. The van der Waals surface area contributed by atoms with Crippen LogP contribution in [0.1, 0.15) is 30.1 Å². The lowest BCUT2D eigenvalue weighted by atomic mass is 10.2. The fourth-order valence-electron chi connectivity index (χ4n) is 2.33. The Balaban J connectivity index is 2.24. The fraction of sp³-hybridized carbons (Fsp3) is 0.538. The van der Waals surface area contributed by atoms with E-state index in [-0.39, 0.29) is 18.6 Å². The maximum Gasteiger partial charge on any atom is 0.255 e. The van der Waals surface area contributed by atoms with E-state index >= 15 is 0 Å². The van der Waals surface area contributed by atoms with Gasteiger partial charge in [0.05, 0.1) is 23.2 Å². The number of rotatable bonds is 4. The summed E-state index contributed by atoms with van der Waals surface area (Å²) >= 11 is 6.06. The first-order chi connectivity index (χ1) is 9.17. The molecule has 0 radical (unpaired) electrons. The van der Waals surface area contributed by atoms with Crippen LogP contribution in [0.25, 0.3) is 0 Å². The first-order valence-electron chi connectivity index (χ1n) is 6.48. The molecule has 6 heteroatoms. The number of aromatic nitrogens is 1. The molecule has 0 aromatic carbocycles. The predicted molar refractivity (Wildman–Crippen MR) is 74.6 cm³/mol. The summed E-state index contributed by atoms with van der Waals surface area (Å²) in [5, 5.41) is 12.7. The molecule has 2 N–H and O–H groups in total. The van der Waals surface area contributed by atoms with Gasteiger partial charge >= 0.3 is 0 Å². The Hall–Kier alpha value is -1.33. The normalized spacial score (nSPS) is 18.7. The molecule has 2 heterocycles. The highest BCUT2D eigenvalue weighted by molar-refractivity contribution is 6.33. The summed E-state index contributed by atoms with van der Waals surface area (Å²) in [6.45, 7) is 3.35. The number of nitrogens with one attached hydrogen (secondary N) is 1. The quantitative estimate of drug-likeness (QED) is 0.884. The third-order valence-corrected chi connectivity index (χ3v) is 3.59. The zero-order valence-electron chi connectivity index (χ0n) is 10.9. The van der Waals surface area contributed by atoms with Crippen LogP contribution in [0.5, 0.6) is 0 Å². The van der Waals surface area contributed by atoms with Gasteiger partial charge in [0, 0.05) is 19.3 Å². The number of aliphatic hydroxyl groups is 1. The van der Waals surface area contributed by atoms with Gasteiger partial charge in [0.2, 0.25) is 0 Å². The molecule has 5 nitrogen and oxygen atoms in total. The molecule has 1 fully saturated rings. The number of hydrogen-bond acceptors (Lipinski definition) is 4. The van der Waals surface area contributed by atoms with E-state index in [1.54, 1.807) is 11.0 Å². The van der Waals surface area contributed by atoms with Crippen molar-refractivity contribution in [3.05, 3.63) is 22.8 Å². The van der Waals surface area contributed by atoms with Crippen molar-refractivity contribution in [1.82, 2.24) is 9.88 Å². The van der Waals surface area contributed by atoms with Gasteiger partial charge in [-0.2, -0.15) is 0 Å². The molecule has 0 spiro atoms. The minimum Gasteiger partial charge on any atom is -0.394 e. The van der Waals surface area contributed by atoms with Crippen molar-refractivity contribution >= 4 is 23.3 Å². The zero-order chi connectivity index (χ0) is 13.8. The third-order valence-electron chi connectivity index (χ3n) is 3.29. The second-order valence-electron chi connectivity index (χ2n) is 4.56. The summed E-state index contributed by atoms with van der Waals surface area (Å²) in [6, 6.07) is 1.57. The number of nitrogens with zero attached hydrogens (tertiary/aromatic N) is 2. The van der Waals surface area contributed by atoms with E-state index in [4.69, 9.17) is 11.6 Å². The molecule has 1 amide bonds. The minimum atomic E-state index is -0.136. The van der Waals surface area contributed by atoms with Gasteiger partial charge in [-0.15, -0.1) is 0 Å². The lowest BCUT2D eigenvalue weighted by Gasteiger charge is -2.23. The Kier molecular flexibility index (Phi) is 4.61. The van der Waals surface area contributed by atoms with Gasteiger partial charge < -0.3 is 15.3 Å². The molecule has 1 unspecified atom stereocenters. The number of hydrogen-bond donors (Lipinski definition) is 2. The number of carbonyl (C=O) groups excluding carboxylic acids is 1. The van der Waals surface area contributed by atoms with Gasteiger partial charge in [0.25, 0.3) is 5.91 Å². The van der Waals surface area contributed by atoms with Crippen LogP contribution in [0.3, 0.4) is 0 Å². The van der Waals surface area contributed by atoms with E-state index in [1.165, 1.54) is 6.20 Å². The SMILES string of the molecule is CCNc1cc(C(=O)N2CCCC2CO)c(Cl)cn1. The van der Waals surface area contributed by atoms with Gasteiger partial charge in [-0.05, 0) is 25.8 Å². The Morgan fingerprint density at radius 2 is 2.47 bits per heavy atom.